The number of carbonyl (C=O) groups is 1. The number of benzene rings is 1. The molecule has 2 aromatic heterocycles. The van der Waals surface area contributed by atoms with Crippen LogP contribution in [-0.4, -0.2) is 15.7 Å². The molecule has 0 aliphatic carbocycles. The molecule has 3 aromatic rings. The number of anilines is 1. The smallest absolute Gasteiger partial charge is 0.260 e. The van der Waals surface area contributed by atoms with Crippen molar-refractivity contribution in [2.24, 2.45) is 0 Å². The maximum Gasteiger partial charge on any atom is 0.260 e. The number of hydrogen-bond acceptors (Lipinski definition) is 3. The Balaban J connectivity index is 1.80. The van der Waals surface area contributed by atoms with Crippen LogP contribution in [0.4, 0.5) is 5.82 Å². The average molecular weight is 316 g/mol. The van der Waals surface area contributed by atoms with Crippen LogP contribution < -0.4 is 5.32 Å². The number of hydrogen-bond donors (Lipinski definition) is 1. The van der Waals surface area contributed by atoms with Gasteiger partial charge < -0.3 is 9.73 Å². The van der Waals surface area contributed by atoms with Crippen LogP contribution in [0.3, 0.4) is 0 Å². The van der Waals surface area contributed by atoms with Crippen LogP contribution in [-0.2, 0) is 6.54 Å². The standard InChI is InChI=1S/C16H14ClN3O2/c1-11-13(7-9-22-11)16(21)19-15-6-8-18-20(15)10-12-4-2-3-5-14(12)17/h2-9H,10H2,1H3,(H,19,21). The van der Waals surface area contributed by atoms with E-state index in [-0.39, 0.29) is 5.91 Å². The van der Waals surface area contributed by atoms with Gasteiger partial charge in [0.05, 0.1) is 24.6 Å². The molecule has 22 heavy (non-hydrogen) atoms. The van der Waals surface area contributed by atoms with Gasteiger partial charge in [0.2, 0.25) is 0 Å². The number of amides is 1. The second kappa shape index (κ2) is 6.07. The number of furan rings is 1. The van der Waals surface area contributed by atoms with E-state index in [1.807, 2.05) is 24.3 Å². The van der Waals surface area contributed by atoms with E-state index in [1.54, 1.807) is 29.9 Å². The van der Waals surface area contributed by atoms with Crippen LogP contribution in [0.2, 0.25) is 5.02 Å². The minimum atomic E-state index is -0.229. The molecule has 0 aliphatic rings. The van der Waals surface area contributed by atoms with Gasteiger partial charge in [0, 0.05) is 11.1 Å². The number of halogens is 1. The van der Waals surface area contributed by atoms with Crippen LogP contribution >= 0.6 is 11.6 Å². The van der Waals surface area contributed by atoms with Crippen molar-refractivity contribution in [1.82, 2.24) is 9.78 Å². The molecule has 0 bridgehead atoms. The lowest BCUT2D eigenvalue weighted by atomic mass is 10.2. The summed E-state index contributed by atoms with van der Waals surface area (Å²) < 4.78 is 6.83. The Labute approximate surface area is 132 Å². The molecule has 1 N–H and O–H groups in total. The van der Waals surface area contributed by atoms with Crippen LogP contribution in [0.1, 0.15) is 21.7 Å². The summed E-state index contributed by atoms with van der Waals surface area (Å²) in [5, 5.41) is 7.73. The molecular weight excluding hydrogens is 302 g/mol. The molecule has 0 atom stereocenters. The van der Waals surface area contributed by atoms with Crippen LogP contribution in [0.15, 0.2) is 53.3 Å². The van der Waals surface area contributed by atoms with Gasteiger partial charge in [0.15, 0.2) is 0 Å². The van der Waals surface area contributed by atoms with Crippen molar-refractivity contribution in [3.63, 3.8) is 0 Å². The number of aryl methyl sites for hydroxylation is 1. The number of nitrogens with zero attached hydrogens (tertiary/aromatic N) is 2. The van der Waals surface area contributed by atoms with Gasteiger partial charge in [-0.2, -0.15) is 5.10 Å². The fraction of sp³-hybridized carbons (Fsp3) is 0.125. The second-order valence-electron chi connectivity index (χ2n) is 4.81. The Bertz CT molecular complexity index is 807. The molecule has 0 unspecified atom stereocenters. The summed E-state index contributed by atoms with van der Waals surface area (Å²) in [6, 6.07) is 10.9. The minimum absolute atomic E-state index is 0.229. The summed E-state index contributed by atoms with van der Waals surface area (Å²) in [6.45, 7) is 2.22. The first-order valence-electron chi connectivity index (χ1n) is 6.76. The first-order chi connectivity index (χ1) is 10.6. The molecule has 0 spiro atoms. The lowest BCUT2D eigenvalue weighted by Crippen LogP contribution is -2.16. The first-order valence-corrected chi connectivity index (χ1v) is 7.13. The summed E-state index contributed by atoms with van der Waals surface area (Å²) in [4.78, 5) is 12.2. The molecule has 1 amide bonds. The van der Waals surface area contributed by atoms with E-state index in [1.165, 1.54) is 6.26 Å². The average Bonchev–Trinajstić information content (AvgIpc) is 3.11. The van der Waals surface area contributed by atoms with Crippen molar-refractivity contribution in [2.45, 2.75) is 13.5 Å². The fourth-order valence-electron chi connectivity index (χ4n) is 2.16. The van der Waals surface area contributed by atoms with Crippen molar-refractivity contribution in [1.29, 1.82) is 0 Å². The van der Waals surface area contributed by atoms with E-state index < -0.39 is 0 Å². The molecule has 5 nitrogen and oxygen atoms in total. The highest BCUT2D eigenvalue weighted by atomic mass is 35.5. The molecular formula is C16H14ClN3O2. The maximum absolute atomic E-state index is 12.2. The first kappa shape index (κ1) is 14.4. The topological polar surface area (TPSA) is 60.1 Å². The van der Waals surface area contributed by atoms with Gasteiger partial charge >= 0.3 is 0 Å². The highest BCUT2D eigenvalue weighted by Crippen LogP contribution is 2.19. The molecule has 112 valence electrons. The Kier molecular flexibility index (Phi) is 3.98. The molecule has 1 aromatic carbocycles. The van der Waals surface area contributed by atoms with Gasteiger partial charge in [-0.05, 0) is 24.6 Å². The SMILES string of the molecule is Cc1occc1C(=O)Nc1ccnn1Cc1ccccc1Cl. The van der Waals surface area contributed by atoms with Crippen LogP contribution in [0.5, 0.6) is 0 Å². The number of rotatable bonds is 4. The van der Waals surface area contributed by atoms with Crippen molar-refractivity contribution in [2.75, 3.05) is 5.32 Å². The highest BCUT2D eigenvalue weighted by Gasteiger charge is 2.14. The van der Waals surface area contributed by atoms with E-state index in [0.717, 1.165) is 5.56 Å². The third kappa shape index (κ3) is 2.89. The van der Waals surface area contributed by atoms with Gasteiger partial charge in [0.25, 0.3) is 5.91 Å². The molecule has 6 heteroatoms. The third-order valence-electron chi connectivity index (χ3n) is 3.34. The molecule has 0 fully saturated rings. The lowest BCUT2D eigenvalue weighted by Gasteiger charge is -2.10. The highest BCUT2D eigenvalue weighted by molar-refractivity contribution is 6.31. The predicted octanol–water partition coefficient (Wildman–Crippen LogP) is 3.74. The van der Waals surface area contributed by atoms with E-state index in [2.05, 4.69) is 10.4 Å². The molecule has 0 saturated heterocycles. The summed E-state index contributed by atoms with van der Waals surface area (Å²) in [5.74, 6) is 0.951. The zero-order valence-corrected chi connectivity index (χ0v) is 12.7. The van der Waals surface area contributed by atoms with Crippen LogP contribution in [0.25, 0.3) is 0 Å². The number of aromatic nitrogens is 2. The van der Waals surface area contributed by atoms with E-state index in [4.69, 9.17) is 16.0 Å². The Morgan fingerprint density at radius 2 is 2.14 bits per heavy atom. The zero-order valence-electron chi connectivity index (χ0n) is 11.9. The predicted molar refractivity (Wildman–Crippen MR) is 84.2 cm³/mol. The summed E-state index contributed by atoms with van der Waals surface area (Å²) in [6.07, 6.45) is 3.12. The molecule has 0 radical (unpaired) electrons. The summed E-state index contributed by atoms with van der Waals surface area (Å²) in [5.41, 5.74) is 1.44. The van der Waals surface area contributed by atoms with Crippen molar-refractivity contribution >= 4 is 23.3 Å². The Morgan fingerprint density at radius 3 is 2.86 bits per heavy atom. The molecule has 0 aliphatic heterocycles. The van der Waals surface area contributed by atoms with Crippen molar-refractivity contribution in [3.05, 3.63) is 70.8 Å². The Hall–Kier alpha value is -2.53. The van der Waals surface area contributed by atoms with Crippen molar-refractivity contribution in [3.8, 4) is 0 Å². The number of carbonyl (C=O) groups excluding carboxylic acids is 1. The normalized spacial score (nSPS) is 10.6. The monoisotopic (exact) mass is 315 g/mol. The summed E-state index contributed by atoms with van der Waals surface area (Å²) in [7, 11) is 0. The van der Waals surface area contributed by atoms with Gasteiger partial charge in [-0.1, -0.05) is 29.8 Å². The zero-order chi connectivity index (χ0) is 15.5. The van der Waals surface area contributed by atoms with Gasteiger partial charge in [-0.25, -0.2) is 4.68 Å². The lowest BCUT2D eigenvalue weighted by molar-refractivity contribution is 0.102. The third-order valence-corrected chi connectivity index (χ3v) is 3.71. The molecule has 0 saturated carbocycles. The molecule has 3 rings (SSSR count). The van der Waals surface area contributed by atoms with E-state index in [0.29, 0.717) is 28.7 Å². The van der Waals surface area contributed by atoms with E-state index >= 15 is 0 Å². The van der Waals surface area contributed by atoms with E-state index in [9.17, 15) is 4.79 Å². The van der Waals surface area contributed by atoms with Gasteiger partial charge in [0.1, 0.15) is 11.6 Å². The second-order valence-corrected chi connectivity index (χ2v) is 5.22. The van der Waals surface area contributed by atoms with Gasteiger partial charge in [-0.15, -0.1) is 0 Å². The summed E-state index contributed by atoms with van der Waals surface area (Å²) >= 11 is 6.16. The van der Waals surface area contributed by atoms with Crippen molar-refractivity contribution < 1.29 is 9.21 Å². The Morgan fingerprint density at radius 1 is 1.32 bits per heavy atom. The largest absolute Gasteiger partial charge is 0.469 e. The quantitative estimate of drug-likeness (QED) is 0.798. The van der Waals surface area contributed by atoms with Gasteiger partial charge in [-0.3, -0.25) is 4.79 Å². The molecule has 2 heterocycles. The maximum atomic E-state index is 12.2. The number of nitrogens with one attached hydrogen (secondary N) is 1. The fourth-order valence-corrected chi connectivity index (χ4v) is 2.35. The minimum Gasteiger partial charge on any atom is -0.469 e. The van der Waals surface area contributed by atoms with Crippen LogP contribution in [0, 0.1) is 6.92 Å².